The van der Waals surface area contributed by atoms with Crippen molar-refractivity contribution in [1.29, 1.82) is 0 Å². The van der Waals surface area contributed by atoms with Crippen LogP contribution in [0.4, 0.5) is 5.69 Å². The van der Waals surface area contributed by atoms with E-state index < -0.39 is 0 Å². The van der Waals surface area contributed by atoms with Crippen molar-refractivity contribution >= 4 is 11.5 Å². The highest BCUT2D eigenvalue weighted by Crippen LogP contribution is 2.17. The third-order valence-electron chi connectivity index (χ3n) is 3.46. The van der Waals surface area contributed by atoms with Crippen molar-refractivity contribution in [1.82, 2.24) is 5.43 Å². The monoisotopic (exact) mass is 294 g/mol. The summed E-state index contributed by atoms with van der Waals surface area (Å²) in [7, 11) is 0. The maximum Gasteiger partial charge on any atom is 0.180 e. The smallest absolute Gasteiger partial charge is 0.180 e. The first-order valence-corrected chi connectivity index (χ1v) is 7.33. The van der Waals surface area contributed by atoms with Crippen molar-refractivity contribution in [3.8, 4) is 5.75 Å². The summed E-state index contributed by atoms with van der Waals surface area (Å²) in [6.07, 6.45) is 3.32. The van der Waals surface area contributed by atoms with E-state index in [2.05, 4.69) is 10.9 Å². The van der Waals surface area contributed by atoms with E-state index in [1.807, 2.05) is 60.7 Å². The number of allylic oxidation sites excluding steroid dienone is 2. The maximum atomic E-state index is 11.5. The molecule has 0 spiro atoms. The molecule has 2 aromatic carbocycles. The highest BCUT2D eigenvalue weighted by molar-refractivity contribution is 5.97. The molecule has 2 N–H and O–H groups in total. The molecule has 0 heterocycles. The zero-order valence-corrected chi connectivity index (χ0v) is 12.2. The van der Waals surface area contributed by atoms with Gasteiger partial charge in [0.05, 0.1) is 11.4 Å². The van der Waals surface area contributed by atoms with Crippen LogP contribution in [-0.4, -0.2) is 5.78 Å². The number of hydrazine groups is 1. The van der Waals surface area contributed by atoms with Crippen molar-refractivity contribution in [2.45, 2.75) is 19.4 Å². The Morgan fingerprint density at radius 3 is 2.41 bits per heavy atom. The second-order valence-corrected chi connectivity index (χ2v) is 5.13. The Hall–Kier alpha value is -2.75. The molecule has 0 atom stereocenters. The normalized spacial score (nSPS) is 13.6. The van der Waals surface area contributed by atoms with Gasteiger partial charge >= 0.3 is 0 Å². The maximum absolute atomic E-state index is 11.5. The van der Waals surface area contributed by atoms with Crippen LogP contribution >= 0.6 is 0 Å². The first-order chi connectivity index (χ1) is 10.8. The molecule has 0 unspecified atom stereocenters. The van der Waals surface area contributed by atoms with Gasteiger partial charge in [-0.1, -0.05) is 36.4 Å². The molecule has 0 saturated carbocycles. The number of carbonyl (C=O) groups excluding carboxylic acids is 1. The molecule has 4 heteroatoms. The molecule has 0 saturated heterocycles. The average Bonchev–Trinajstić information content (AvgIpc) is 2.98. The summed E-state index contributed by atoms with van der Waals surface area (Å²) in [6, 6.07) is 17.7. The van der Waals surface area contributed by atoms with Crippen molar-refractivity contribution in [2.75, 3.05) is 5.43 Å². The molecule has 0 aliphatic heterocycles. The largest absolute Gasteiger partial charge is 0.489 e. The van der Waals surface area contributed by atoms with E-state index in [9.17, 15) is 4.79 Å². The van der Waals surface area contributed by atoms with E-state index in [0.717, 1.165) is 23.4 Å². The standard InChI is InChI=1S/C18H18N2O2/c21-18-8-4-7-17(18)20-19-15-9-11-16(12-10-15)22-13-14-5-2-1-3-6-14/h1-3,5-7,9-12,19-20H,4,8,13H2. The van der Waals surface area contributed by atoms with Crippen molar-refractivity contribution in [3.63, 3.8) is 0 Å². The van der Waals surface area contributed by atoms with Crippen LogP contribution in [0.5, 0.6) is 5.75 Å². The number of rotatable bonds is 6. The Bertz CT molecular complexity index is 663. The van der Waals surface area contributed by atoms with Crippen molar-refractivity contribution < 1.29 is 9.53 Å². The molecule has 0 amide bonds. The van der Waals surface area contributed by atoms with Crippen LogP contribution < -0.4 is 15.6 Å². The van der Waals surface area contributed by atoms with Gasteiger partial charge in [-0.2, -0.15) is 0 Å². The van der Waals surface area contributed by atoms with Crippen LogP contribution in [0.25, 0.3) is 0 Å². The highest BCUT2D eigenvalue weighted by Gasteiger charge is 2.13. The van der Waals surface area contributed by atoms with Gasteiger partial charge in [0.1, 0.15) is 12.4 Å². The highest BCUT2D eigenvalue weighted by atomic mass is 16.5. The Morgan fingerprint density at radius 2 is 1.73 bits per heavy atom. The van der Waals surface area contributed by atoms with Gasteiger partial charge in [-0.3, -0.25) is 10.2 Å². The number of nitrogens with one attached hydrogen (secondary N) is 2. The second-order valence-electron chi connectivity index (χ2n) is 5.13. The first kappa shape index (κ1) is 14.2. The molecule has 0 radical (unpaired) electrons. The number of ether oxygens (including phenoxy) is 1. The quantitative estimate of drug-likeness (QED) is 0.801. The van der Waals surface area contributed by atoms with Crippen molar-refractivity contribution in [3.05, 3.63) is 71.9 Å². The minimum atomic E-state index is 0.148. The number of carbonyl (C=O) groups is 1. The molecule has 2 aromatic rings. The van der Waals surface area contributed by atoms with Gasteiger partial charge in [0.15, 0.2) is 5.78 Å². The predicted octanol–water partition coefficient (Wildman–Crippen LogP) is 3.43. The Balaban J connectivity index is 1.51. The van der Waals surface area contributed by atoms with E-state index in [4.69, 9.17) is 4.74 Å². The van der Waals surface area contributed by atoms with Gasteiger partial charge in [-0.15, -0.1) is 0 Å². The van der Waals surface area contributed by atoms with Gasteiger partial charge in [0, 0.05) is 6.42 Å². The third-order valence-corrected chi connectivity index (χ3v) is 3.46. The second kappa shape index (κ2) is 6.80. The Labute approximate surface area is 129 Å². The Morgan fingerprint density at radius 1 is 0.955 bits per heavy atom. The molecule has 112 valence electrons. The van der Waals surface area contributed by atoms with Gasteiger partial charge in [0.25, 0.3) is 0 Å². The fourth-order valence-corrected chi connectivity index (χ4v) is 2.23. The zero-order valence-electron chi connectivity index (χ0n) is 12.2. The number of ketones is 1. The predicted molar refractivity (Wildman–Crippen MR) is 86.3 cm³/mol. The fourth-order valence-electron chi connectivity index (χ4n) is 2.23. The molecular formula is C18H18N2O2. The minimum absolute atomic E-state index is 0.148. The van der Waals surface area contributed by atoms with Gasteiger partial charge in [-0.05, 0) is 36.2 Å². The summed E-state index contributed by atoms with van der Waals surface area (Å²) in [5.74, 6) is 0.959. The number of Topliss-reactive ketones (excluding diaryl/α,β-unsaturated/α-hetero) is 1. The van der Waals surface area contributed by atoms with E-state index in [1.165, 1.54) is 0 Å². The molecule has 0 bridgehead atoms. The van der Waals surface area contributed by atoms with E-state index >= 15 is 0 Å². The molecule has 1 aliphatic rings. The summed E-state index contributed by atoms with van der Waals surface area (Å²) in [5.41, 5.74) is 8.63. The molecular weight excluding hydrogens is 276 g/mol. The number of anilines is 1. The summed E-state index contributed by atoms with van der Waals surface area (Å²) in [6.45, 7) is 0.549. The number of benzene rings is 2. The lowest BCUT2D eigenvalue weighted by atomic mass is 10.2. The van der Waals surface area contributed by atoms with Gasteiger partial charge < -0.3 is 10.2 Å². The number of hydrogen-bond donors (Lipinski definition) is 2. The Kier molecular flexibility index (Phi) is 4.39. The molecule has 4 nitrogen and oxygen atoms in total. The topological polar surface area (TPSA) is 50.4 Å². The van der Waals surface area contributed by atoms with Crippen LogP contribution in [0.3, 0.4) is 0 Å². The fraction of sp³-hybridized carbons (Fsp3) is 0.167. The molecule has 22 heavy (non-hydrogen) atoms. The van der Waals surface area contributed by atoms with Crippen LogP contribution in [0, 0.1) is 0 Å². The lowest BCUT2D eigenvalue weighted by Gasteiger charge is -2.11. The molecule has 0 aromatic heterocycles. The SMILES string of the molecule is O=C1CCC=C1NNc1ccc(OCc2ccccc2)cc1. The average molecular weight is 294 g/mol. The van der Waals surface area contributed by atoms with Gasteiger partial charge in [0.2, 0.25) is 0 Å². The summed E-state index contributed by atoms with van der Waals surface area (Å²) in [4.78, 5) is 11.5. The third kappa shape index (κ3) is 3.67. The summed E-state index contributed by atoms with van der Waals surface area (Å²) >= 11 is 0. The van der Waals surface area contributed by atoms with Crippen molar-refractivity contribution in [2.24, 2.45) is 0 Å². The minimum Gasteiger partial charge on any atom is -0.489 e. The molecule has 0 fully saturated rings. The van der Waals surface area contributed by atoms with Crippen LogP contribution in [0.1, 0.15) is 18.4 Å². The van der Waals surface area contributed by atoms with E-state index in [0.29, 0.717) is 18.7 Å². The lowest BCUT2D eigenvalue weighted by Crippen LogP contribution is -2.23. The summed E-state index contributed by atoms with van der Waals surface area (Å²) < 4.78 is 5.73. The lowest BCUT2D eigenvalue weighted by molar-refractivity contribution is -0.115. The zero-order chi connectivity index (χ0) is 15.2. The van der Waals surface area contributed by atoms with Crippen LogP contribution in [-0.2, 0) is 11.4 Å². The molecule has 1 aliphatic carbocycles. The van der Waals surface area contributed by atoms with Crippen LogP contribution in [0.15, 0.2) is 66.4 Å². The van der Waals surface area contributed by atoms with Crippen LogP contribution in [0.2, 0.25) is 0 Å². The number of hydrogen-bond acceptors (Lipinski definition) is 4. The first-order valence-electron chi connectivity index (χ1n) is 7.33. The van der Waals surface area contributed by atoms with E-state index in [1.54, 1.807) is 0 Å². The molecule has 3 rings (SSSR count). The van der Waals surface area contributed by atoms with E-state index in [-0.39, 0.29) is 5.78 Å². The van der Waals surface area contributed by atoms with Gasteiger partial charge in [-0.25, -0.2) is 0 Å². The summed E-state index contributed by atoms with van der Waals surface area (Å²) in [5, 5.41) is 0.